The molecule has 3 heterocycles. The van der Waals surface area contributed by atoms with E-state index >= 15 is 0 Å². The van der Waals surface area contributed by atoms with Crippen molar-refractivity contribution in [3.63, 3.8) is 0 Å². The Balaban J connectivity index is 0.00000126. The van der Waals surface area contributed by atoms with Gasteiger partial charge in [0.2, 0.25) is 0 Å². The quantitative estimate of drug-likeness (QED) is 0.383. The van der Waals surface area contributed by atoms with Gasteiger partial charge in [-0.05, 0) is 54.7 Å². The highest BCUT2D eigenvalue weighted by Crippen LogP contribution is 2.39. The van der Waals surface area contributed by atoms with Crippen molar-refractivity contribution < 1.29 is 4.74 Å². The Morgan fingerprint density at radius 3 is 2.73 bits per heavy atom. The highest BCUT2D eigenvalue weighted by molar-refractivity contribution is 7.79. The molecule has 2 aliphatic rings. The second-order valence-electron chi connectivity index (χ2n) is 9.16. The Bertz CT molecular complexity index is 1150. The van der Waals surface area contributed by atoms with Crippen molar-refractivity contribution in [3.05, 3.63) is 58.8 Å². The van der Waals surface area contributed by atoms with E-state index in [0.717, 1.165) is 60.6 Å². The molecule has 1 aliphatic heterocycles. The van der Waals surface area contributed by atoms with Crippen LogP contribution in [0.1, 0.15) is 37.1 Å². The number of aryl methyl sites for hydroxylation is 1. The van der Waals surface area contributed by atoms with Gasteiger partial charge in [0.05, 0.1) is 12.2 Å². The molecule has 174 valence electrons. The van der Waals surface area contributed by atoms with Crippen LogP contribution in [0.5, 0.6) is 5.75 Å². The first kappa shape index (κ1) is 23.6. The summed E-state index contributed by atoms with van der Waals surface area (Å²) in [5.74, 6) is 1.95. The minimum absolute atomic E-state index is 0.265. The maximum atomic E-state index is 6.07. The number of nitrogens with zero attached hydrogens (tertiary/aromatic N) is 4. The molecule has 0 spiro atoms. The lowest BCUT2D eigenvalue weighted by atomic mass is 9.76. The molecule has 1 aliphatic carbocycles. The number of hydrogen-bond acceptors (Lipinski definition) is 7. The van der Waals surface area contributed by atoms with Crippen LogP contribution in [0.15, 0.2) is 36.8 Å². The van der Waals surface area contributed by atoms with Gasteiger partial charge in [0.25, 0.3) is 0 Å². The van der Waals surface area contributed by atoms with Crippen molar-refractivity contribution in [1.82, 2.24) is 15.0 Å². The molecule has 2 aromatic heterocycles. The summed E-state index contributed by atoms with van der Waals surface area (Å²) < 4.78 is 6.07. The normalized spacial score (nSPS) is 16.5. The number of fused-ring (bicyclic) bond motifs is 2. The zero-order chi connectivity index (χ0) is 23.6. The van der Waals surface area contributed by atoms with E-state index in [1.807, 2.05) is 18.2 Å². The average Bonchev–Trinajstić information content (AvgIpc) is 3.03. The van der Waals surface area contributed by atoms with Gasteiger partial charge in [-0.15, -0.1) is 0 Å². The van der Waals surface area contributed by atoms with Crippen LogP contribution in [0.3, 0.4) is 0 Å². The standard InChI is InChI=1S/C24H26ClN5O.CH4S/c1-24(2)6-5-20-18(11-24)23(29-14-28-20)30-7-8-31-21-4-3-15(9-17(21)13-30)16-10-19(26)22(25)27-12-16;1-2/h3-4,9-10,12,14H,5-8,11,13,26H2,1-2H3;2H,1H3. The lowest BCUT2D eigenvalue weighted by Gasteiger charge is -2.33. The van der Waals surface area contributed by atoms with E-state index in [1.165, 1.54) is 11.3 Å². The third kappa shape index (κ3) is 5.04. The van der Waals surface area contributed by atoms with Gasteiger partial charge in [-0.1, -0.05) is 31.5 Å². The monoisotopic (exact) mass is 483 g/mol. The minimum Gasteiger partial charge on any atom is -0.491 e. The Hall–Kier alpha value is -2.51. The molecular formula is C25H30ClN5OS. The van der Waals surface area contributed by atoms with E-state index in [-0.39, 0.29) is 5.41 Å². The fraction of sp³-hybridized carbons (Fsp3) is 0.400. The summed E-state index contributed by atoms with van der Waals surface area (Å²) in [6.45, 7) is 6.77. The third-order valence-electron chi connectivity index (χ3n) is 6.25. The van der Waals surface area contributed by atoms with Crippen LogP contribution in [0.2, 0.25) is 5.15 Å². The maximum Gasteiger partial charge on any atom is 0.151 e. The Labute approximate surface area is 206 Å². The van der Waals surface area contributed by atoms with Gasteiger partial charge in [-0.25, -0.2) is 15.0 Å². The van der Waals surface area contributed by atoms with Crippen LogP contribution in [-0.2, 0) is 19.4 Å². The topological polar surface area (TPSA) is 77.2 Å². The first-order chi connectivity index (χ1) is 15.9. The van der Waals surface area contributed by atoms with Gasteiger partial charge in [-0.3, -0.25) is 0 Å². The van der Waals surface area contributed by atoms with E-state index < -0.39 is 0 Å². The number of halogens is 1. The van der Waals surface area contributed by atoms with Gasteiger partial charge in [0, 0.05) is 35.1 Å². The molecule has 0 fully saturated rings. The molecule has 0 atom stereocenters. The molecule has 6 nitrogen and oxygen atoms in total. The van der Waals surface area contributed by atoms with E-state index in [0.29, 0.717) is 17.4 Å². The predicted octanol–water partition coefficient (Wildman–Crippen LogP) is 5.23. The number of ether oxygens (including phenoxy) is 1. The van der Waals surface area contributed by atoms with Crippen LogP contribution in [0.4, 0.5) is 11.5 Å². The summed E-state index contributed by atoms with van der Waals surface area (Å²) in [5, 5.41) is 0.324. The molecule has 0 unspecified atom stereocenters. The van der Waals surface area contributed by atoms with Gasteiger partial charge in [0.15, 0.2) is 5.15 Å². The van der Waals surface area contributed by atoms with E-state index in [2.05, 4.69) is 47.4 Å². The Kier molecular flexibility index (Phi) is 7.00. The molecule has 0 saturated carbocycles. The SMILES string of the molecule is CC1(C)CCc2ncnc(N3CCOc4ccc(-c5cnc(Cl)c(N)c5)cc4C3)c2C1.CS. The minimum atomic E-state index is 0.265. The first-order valence-corrected chi connectivity index (χ1v) is 12.4. The third-order valence-corrected chi connectivity index (χ3v) is 6.56. The first-order valence-electron chi connectivity index (χ1n) is 11.1. The van der Waals surface area contributed by atoms with Crippen LogP contribution in [-0.4, -0.2) is 34.4 Å². The molecule has 2 N–H and O–H groups in total. The lowest BCUT2D eigenvalue weighted by molar-refractivity contribution is 0.310. The van der Waals surface area contributed by atoms with E-state index in [1.54, 1.807) is 18.8 Å². The molecule has 0 amide bonds. The van der Waals surface area contributed by atoms with Gasteiger partial charge in [0.1, 0.15) is 24.5 Å². The number of thiol groups is 1. The van der Waals surface area contributed by atoms with Crippen LogP contribution in [0, 0.1) is 5.41 Å². The molecule has 0 saturated heterocycles. The molecule has 3 aromatic rings. The zero-order valence-corrected chi connectivity index (χ0v) is 21.0. The summed E-state index contributed by atoms with van der Waals surface area (Å²) in [7, 11) is 0. The van der Waals surface area contributed by atoms with Crippen molar-refractivity contribution in [2.75, 3.05) is 30.0 Å². The number of aromatic nitrogens is 3. The fourth-order valence-electron chi connectivity index (χ4n) is 4.51. The van der Waals surface area contributed by atoms with Crippen molar-refractivity contribution in [3.8, 4) is 16.9 Å². The summed E-state index contributed by atoms with van der Waals surface area (Å²) in [6, 6.07) is 8.07. The second-order valence-corrected chi connectivity index (χ2v) is 9.52. The molecule has 33 heavy (non-hydrogen) atoms. The highest BCUT2D eigenvalue weighted by atomic mass is 35.5. The summed E-state index contributed by atoms with van der Waals surface area (Å²) in [6.07, 6.45) is 8.31. The van der Waals surface area contributed by atoms with Crippen molar-refractivity contribution in [1.29, 1.82) is 0 Å². The summed E-state index contributed by atoms with van der Waals surface area (Å²) in [5.41, 5.74) is 12.3. The van der Waals surface area contributed by atoms with Crippen LogP contribution < -0.4 is 15.4 Å². The van der Waals surface area contributed by atoms with Gasteiger partial charge >= 0.3 is 0 Å². The molecule has 1 aromatic carbocycles. The molecular weight excluding hydrogens is 454 g/mol. The lowest BCUT2D eigenvalue weighted by Crippen LogP contribution is -2.31. The van der Waals surface area contributed by atoms with Gasteiger partial charge < -0.3 is 15.4 Å². The number of pyridine rings is 1. The predicted molar refractivity (Wildman–Crippen MR) is 138 cm³/mol. The zero-order valence-electron chi connectivity index (χ0n) is 19.3. The molecule has 5 rings (SSSR count). The molecule has 0 radical (unpaired) electrons. The van der Waals surface area contributed by atoms with Crippen LogP contribution in [0.25, 0.3) is 11.1 Å². The highest BCUT2D eigenvalue weighted by Gasteiger charge is 2.30. The number of nitrogens with two attached hydrogens (primary N) is 1. The average molecular weight is 484 g/mol. The number of anilines is 2. The second kappa shape index (κ2) is 9.77. The summed E-state index contributed by atoms with van der Waals surface area (Å²) in [4.78, 5) is 15.8. The van der Waals surface area contributed by atoms with Crippen molar-refractivity contribution in [2.24, 2.45) is 5.41 Å². The van der Waals surface area contributed by atoms with Crippen molar-refractivity contribution in [2.45, 2.75) is 39.7 Å². The van der Waals surface area contributed by atoms with E-state index in [9.17, 15) is 0 Å². The van der Waals surface area contributed by atoms with Crippen molar-refractivity contribution >= 4 is 35.7 Å². The number of rotatable bonds is 2. The molecule has 8 heteroatoms. The number of nitrogen functional groups attached to an aromatic ring is 1. The van der Waals surface area contributed by atoms with Gasteiger partial charge in [-0.2, -0.15) is 12.6 Å². The summed E-state index contributed by atoms with van der Waals surface area (Å²) >= 11 is 9.52. The number of benzene rings is 1. The number of hydrogen-bond donors (Lipinski definition) is 2. The smallest absolute Gasteiger partial charge is 0.151 e. The van der Waals surface area contributed by atoms with E-state index in [4.69, 9.17) is 27.1 Å². The Morgan fingerprint density at radius 1 is 1.12 bits per heavy atom. The van der Waals surface area contributed by atoms with Crippen LogP contribution >= 0.6 is 24.2 Å². The fourth-order valence-corrected chi connectivity index (χ4v) is 4.61. The maximum absolute atomic E-state index is 6.07. The molecule has 0 bridgehead atoms. The Morgan fingerprint density at radius 2 is 1.94 bits per heavy atom. The largest absolute Gasteiger partial charge is 0.491 e.